The molecular formula is C28H43NO9. The Hall–Kier alpha value is -3.14. The minimum atomic E-state index is -1.11. The Balaban J connectivity index is 2.95. The van der Waals surface area contributed by atoms with Gasteiger partial charge in [0.1, 0.15) is 18.2 Å². The van der Waals surface area contributed by atoms with Crippen molar-refractivity contribution < 1.29 is 43.2 Å². The molecule has 0 aromatic heterocycles. The first-order valence-corrected chi connectivity index (χ1v) is 13.1. The second-order valence-corrected chi connectivity index (χ2v) is 10.7. The summed E-state index contributed by atoms with van der Waals surface area (Å²) in [5.41, 5.74) is 0.541. The molecule has 1 aromatic rings. The summed E-state index contributed by atoms with van der Waals surface area (Å²) in [6, 6.07) is 3.57. The molecule has 10 nitrogen and oxygen atoms in total. The van der Waals surface area contributed by atoms with E-state index in [1.165, 1.54) is 12.1 Å². The van der Waals surface area contributed by atoms with Crippen molar-refractivity contribution in [3.05, 3.63) is 23.8 Å². The van der Waals surface area contributed by atoms with Gasteiger partial charge >= 0.3 is 24.1 Å². The molecular weight excluding hydrogens is 494 g/mol. The van der Waals surface area contributed by atoms with E-state index in [9.17, 15) is 24.3 Å². The Morgan fingerprint density at radius 2 is 1.37 bits per heavy atom. The van der Waals surface area contributed by atoms with E-state index in [-0.39, 0.29) is 61.2 Å². The van der Waals surface area contributed by atoms with E-state index < -0.39 is 36.2 Å². The number of carboxylic acids is 1. The van der Waals surface area contributed by atoms with Crippen LogP contribution in [0.1, 0.15) is 73.8 Å². The summed E-state index contributed by atoms with van der Waals surface area (Å²) in [5.74, 6) is -1.65. The molecule has 1 rings (SSSR count). The maximum atomic E-state index is 12.3. The molecule has 0 aliphatic heterocycles. The van der Waals surface area contributed by atoms with Crippen LogP contribution in [0, 0.1) is 17.8 Å². The van der Waals surface area contributed by atoms with Crippen LogP contribution in [-0.4, -0.2) is 54.0 Å². The summed E-state index contributed by atoms with van der Waals surface area (Å²) >= 11 is 0. The van der Waals surface area contributed by atoms with E-state index in [0.717, 1.165) is 0 Å². The highest BCUT2D eigenvalue weighted by Gasteiger charge is 2.23. The lowest BCUT2D eigenvalue weighted by molar-refractivity contribution is -0.139. The molecule has 0 saturated carbocycles. The number of nitrogens with one attached hydrogen (secondary N) is 1. The number of carbonyl (C=O) groups is 4. The number of rotatable bonds is 15. The first-order chi connectivity index (χ1) is 17.7. The van der Waals surface area contributed by atoms with Crippen molar-refractivity contribution in [2.75, 3.05) is 6.54 Å². The molecule has 0 amide bonds. The number of ether oxygens (including phenoxy) is 4. The highest BCUT2D eigenvalue weighted by Crippen LogP contribution is 2.30. The second-order valence-electron chi connectivity index (χ2n) is 10.7. The van der Waals surface area contributed by atoms with Gasteiger partial charge in [0.15, 0.2) is 11.5 Å². The zero-order chi connectivity index (χ0) is 29.0. The summed E-state index contributed by atoms with van der Waals surface area (Å²) in [5, 5.41) is 12.6. The summed E-state index contributed by atoms with van der Waals surface area (Å²) < 4.78 is 21.3. The lowest BCUT2D eigenvalue weighted by Gasteiger charge is -2.21. The molecule has 2 unspecified atom stereocenters. The van der Waals surface area contributed by atoms with Gasteiger partial charge in [0.2, 0.25) is 0 Å². The second kappa shape index (κ2) is 16.0. The molecule has 3 atom stereocenters. The van der Waals surface area contributed by atoms with Crippen LogP contribution >= 0.6 is 0 Å². The molecule has 214 valence electrons. The van der Waals surface area contributed by atoms with Gasteiger partial charge in [0, 0.05) is 19.4 Å². The van der Waals surface area contributed by atoms with Crippen LogP contribution in [0.4, 0.5) is 4.79 Å². The third kappa shape index (κ3) is 12.9. The first kappa shape index (κ1) is 32.9. The SMILES string of the molecule is CC(C)CC(=O)Oc1ccc(C[C@H](NCC(C)OC(=O)OC(C)C(C)C)C(=O)O)cc1OC(=O)CC(C)C. The molecule has 10 heteroatoms. The summed E-state index contributed by atoms with van der Waals surface area (Å²) in [4.78, 5) is 48.4. The van der Waals surface area contributed by atoms with Crippen molar-refractivity contribution in [2.45, 2.75) is 92.9 Å². The highest BCUT2D eigenvalue weighted by atomic mass is 16.7. The molecule has 0 radical (unpaired) electrons. The van der Waals surface area contributed by atoms with Gasteiger partial charge in [-0.2, -0.15) is 0 Å². The molecule has 0 aliphatic carbocycles. The van der Waals surface area contributed by atoms with Crippen molar-refractivity contribution in [1.82, 2.24) is 5.32 Å². The molecule has 0 aliphatic rings. The van der Waals surface area contributed by atoms with Crippen LogP contribution in [0.5, 0.6) is 11.5 Å². The zero-order valence-electron chi connectivity index (χ0n) is 23.7. The fraction of sp³-hybridized carbons (Fsp3) is 0.643. The maximum absolute atomic E-state index is 12.3. The molecule has 1 aromatic carbocycles. The van der Waals surface area contributed by atoms with Gasteiger partial charge in [0.25, 0.3) is 0 Å². The maximum Gasteiger partial charge on any atom is 0.508 e. The topological polar surface area (TPSA) is 137 Å². The van der Waals surface area contributed by atoms with Gasteiger partial charge in [0.05, 0.1) is 0 Å². The van der Waals surface area contributed by atoms with Crippen molar-refractivity contribution >= 4 is 24.1 Å². The van der Waals surface area contributed by atoms with E-state index in [1.807, 2.05) is 41.5 Å². The molecule has 0 saturated heterocycles. The van der Waals surface area contributed by atoms with E-state index in [1.54, 1.807) is 19.9 Å². The van der Waals surface area contributed by atoms with Gasteiger partial charge in [-0.1, -0.05) is 47.6 Å². The molecule has 38 heavy (non-hydrogen) atoms. The lowest BCUT2D eigenvalue weighted by Crippen LogP contribution is -2.43. The Labute approximate surface area is 225 Å². The molecule has 0 bridgehead atoms. The molecule has 0 spiro atoms. The molecule has 2 N–H and O–H groups in total. The van der Waals surface area contributed by atoms with Gasteiger partial charge in [-0.25, -0.2) is 4.79 Å². The minimum absolute atomic E-state index is 0.0336. The predicted molar refractivity (Wildman–Crippen MR) is 141 cm³/mol. The zero-order valence-corrected chi connectivity index (χ0v) is 23.7. The molecule has 0 heterocycles. The van der Waals surface area contributed by atoms with Gasteiger partial charge in [-0.3, -0.25) is 14.4 Å². The number of benzene rings is 1. The highest BCUT2D eigenvalue weighted by molar-refractivity contribution is 5.77. The van der Waals surface area contributed by atoms with Crippen LogP contribution in [0.3, 0.4) is 0 Å². The van der Waals surface area contributed by atoms with E-state index in [4.69, 9.17) is 18.9 Å². The average molecular weight is 538 g/mol. The summed E-state index contributed by atoms with van der Waals surface area (Å²) in [7, 11) is 0. The van der Waals surface area contributed by atoms with E-state index >= 15 is 0 Å². The third-order valence-electron chi connectivity index (χ3n) is 5.51. The standard InChI is InChI=1S/C28H43NO9/c1-16(2)11-25(30)37-23-10-9-21(14-24(23)38-26(31)12-17(3)4)13-22(27(32)33)29-15-19(7)35-28(34)36-20(8)18(5)6/h9-10,14,16-20,22,29H,11-13,15H2,1-8H3,(H,32,33)/t19?,20?,22-/m0/s1. The van der Waals surface area contributed by atoms with E-state index in [0.29, 0.717) is 5.56 Å². The van der Waals surface area contributed by atoms with Gasteiger partial charge in [-0.05, 0) is 55.7 Å². The van der Waals surface area contributed by atoms with Gasteiger partial charge < -0.3 is 29.4 Å². The summed E-state index contributed by atoms with van der Waals surface area (Å²) in [6.45, 7) is 14.8. The lowest BCUT2D eigenvalue weighted by atomic mass is 10.0. The molecule has 0 fully saturated rings. The number of hydrogen-bond acceptors (Lipinski definition) is 9. The van der Waals surface area contributed by atoms with Crippen LogP contribution in [0.25, 0.3) is 0 Å². The number of carboxylic acid groups (broad SMARTS) is 1. The minimum Gasteiger partial charge on any atom is -0.480 e. The van der Waals surface area contributed by atoms with Crippen molar-refractivity contribution in [3.63, 3.8) is 0 Å². The van der Waals surface area contributed by atoms with Gasteiger partial charge in [-0.15, -0.1) is 0 Å². The number of hydrogen-bond donors (Lipinski definition) is 2. The smallest absolute Gasteiger partial charge is 0.480 e. The predicted octanol–water partition coefficient (Wildman–Crippen LogP) is 4.76. The fourth-order valence-corrected chi connectivity index (χ4v) is 3.15. The average Bonchev–Trinajstić information content (AvgIpc) is 2.76. The van der Waals surface area contributed by atoms with Crippen molar-refractivity contribution in [3.8, 4) is 11.5 Å². The Kier molecular flexibility index (Phi) is 13.8. The number of carbonyl (C=O) groups excluding carboxylic acids is 3. The van der Waals surface area contributed by atoms with Crippen LogP contribution < -0.4 is 14.8 Å². The quantitative estimate of drug-likeness (QED) is 0.238. The normalized spacial score (nSPS) is 13.7. The van der Waals surface area contributed by atoms with E-state index in [2.05, 4.69) is 5.32 Å². The summed E-state index contributed by atoms with van der Waals surface area (Å²) in [6.07, 6.45) is -1.38. The van der Waals surface area contributed by atoms with Crippen LogP contribution in [0.15, 0.2) is 18.2 Å². The fourth-order valence-electron chi connectivity index (χ4n) is 3.15. The van der Waals surface area contributed by atoms with Crippen LogP contribution in [-0.2, 0) is 30.3 Å². The largest absolute Gasteiger partial charge is 0.508 e. The first-order valence-electron chi connectivity index (χ1n) is 13.1. The Morgan fingerprint density at radius 3 is 1.87 bits per heavy atom. The van der Waals surface area contributed by atoms with Crippen LogP contribution in [0.2, 0.25) is 0 Å². The number of esters is 2. The Bertz CT molecular complexity index is 942. The monoisotopic (exact) mass is 537 g/mol. The third-order valence-corrected chi connectivity index (χ3v) is 5.51. The van der Waals surface area contributed by atoms with Crippen molar-refractivity contribution in [1.29, 1.82) is 0 Å². The Morgan fingerprint density at radius 1 is 0.816 bits per heavy atom. The van der Waals surface area contributed by atoms with Crippen molar-refractivity contribution in [2.24, 2.45) is 17.8 Å². The number of aliphatic carboxylic acids is 1.